The van der Waals surface area contributed by atoms with E-state index in [4.69, 9.17) is 10.5 Å². The Hall–Kier alpha value is -4.29. The highest BCUT2D eigenvalue weighted by molar-refractivity contribution is 7.89. The van der Waals surface area contributed by atoms with Crippen molar-refractivity contribution in [3.8, 4) is 16.9 Å². The zero-order chi connectivity index (χ0) is 28.9. The summed E-state index contributed by atoms with van der Waals surface area (Å²) in [7, 11) is 0.306. The van der Waals surface area contributed by atoms with Gasteiger partial charge < -0.3 is 30.6 Å². The van der Waals surface area contributed by atoms with Crippen LogP contribution in [0.4, 0.5) is 23.1 Å². The molecule has 6 rings (SSSR count). The molecule has 214 valence electrons. The lowest BCUT2D eigenvalue weighted by atomic mass is 10.00. The summed E-state index contributed by atoms with van der Waals surface area (Å²) in [6.45, 7) is 6.16. The number of aromatic amines is 1. The van der Waals surface area contributed by atoms with Gasteiger partial charge in [0.1, 0.15) is 17.2 Å². The smallest absolute Gasteiger partial charge is 0.236 e. The van der Waals surface area contributed by atoms with Crippen LogP contribution in [-0.4, -0.2) is 78.8 Å². The lowest BCUT2D eigenvalue weighted by Gasteiger charge is -2.26. The van der Waals surface area contributed by atoms with E-state index < -0.39 is 10.0 Å². The van der Waals surface area contributed by atoms with Crippen LogP contribution < -0.4 is 20.7 Å². The molecule has 0 amide bonds. The molecule has 1 fully saturated rings. The second kappa shape index (κ2) is 10.3. The number of likely N-dealkylation sites (N-methyl/N-ethyl adjacent to an activating group) is 1. The first kappa shape index (κ1) is 26.9. The molecule has 0 aliphatic carbocycles. The number of H-pyrrole nitrogens is 1. The maximum Gasteiger partial charge on any atom is 0.236 e. The van der Waals surface area contributed by atoms with E-state index >= 15 is 0 Å². The summed E-state index contributed by atoms with van der Waals surface area (Å²) in [5.74, 6) is 1.28. The lowest BCUT2D eigenvalue weighted by Crippen LogP contribution is -2.29. The van der Waals surface area contributed by atoms with Crippen molar-refractivity contribution in [1.29, 1.82) is 0 Å². The van der Waals surface area contributed by atoms with Gasteiger partial charge in [0, 0.05) is 60.3 Å². The molecule has 0 atom stereocenters. The van der Waals surface area contributed by atoms with Gasteiger partial charge in [-0.05, 0) is 50.7 Å². The second-order valence-electron chi connectivity index (χ2n) is 10.6. The first-order valence-electron chi connectivity index (χ1n) is 13.5. The van der Waals surface area contributed by atoms with Crippen LogP contribution in [0.5, 0.6) is 5.75 Å². The number of rotatable bonds is 6. The molecule has 41 heavy (non-hydrogen) atoms. The van der Waals surface area contributed by atoms with Crippen molar-refractivity contribution in [3.63, 3.8) is 0 Å². The Balaban J connectivity index is 1.48. The van der Waals surface area contributed by atoms with Crippen molar-refractivity contribution >= 4 is 55.1 Å². The third kappa shape index (κ3) is 4.93. The van der Waals surface area contributed by atoms with Crippen molar-refractivity contribution in [3.05, 3.63) is 54.4 Å². The zero-order valence-electron chi connectivity index (χ0n) is 23.6. The number of hydrogen-bond acceptors (Lipinski definition) is 9. The molecule has 11 nitrogen and oxygen atoms in total. The average molecular weight is 575 g/mol. The molecule has 0 radical (unpaired) electrons. The fraction of sp³-hybridized carbons (Fsp3) is 0.310. The van der Waals surface area contributed by atoms with Crippen molar-refractivity contribution in [1.82, 2.24) is 23.8 Å². The topological polar surface area (TPSA) is 134 Å². The molecule has 1 saturated heterocycles. The lowest BCUT2D eigenvalue weighted by molar-refractivity contribution is 0.360. The van der Waals surface area contributed by atoms with Gasteiger partial charge in [0.05, 0.1) is 30.0 Å². The van der Waals surface area contributed by atoms with Crippen molar-refractivity contribution in [2.24, 2.45) is 0 Å². The van der Waals surface area contributed by atoms with Gasteiger partial charge in [-0.1, -0.05) is 12.1 Å². The highest BCUT2D eigenvalue weighted by atomic mass is 32.2. The normalized spacial score (nSPS) is 15.0. The predicted octanol–water partition coefficient (Wildman–Crippen LogP) is 4.17. The number of methoxy groups -OCH3 is 1. The van der Waals surface area contributed by atoms with Gasteiger partial charge in [-0.3, -0.25) is 0 Å². The molecule has 12 heteroatoms. The molecule has 2 aromatic carbocycles. The minimum atomic E-state index is -3.53. The number of anilines is 4. The van der Waals surface area contributed by atoms with E-state index in [9.17, 15) is 8.42 Å². The first-order valence-corrected chi connectivity index (χ1v) is 15.3. The van der Waals surface area contributed by atoms with E-state index in [1.807, 2.05) is 24.4 Å². The molecule has 4 N–H and O–H groups in total. The zero-order valence-corrected chi connectivity index (χ0v) is 24.4. The van der Waals surface area contributed by atoms with Crippen LogP contribution in [0.1, 0.15) is 12.0 Å². The molecule has 0 spiro atoms. The Morgan fingerprint density at radius 3 is 2.68 bits per heavy atom. The van der Waals surface area contributed by atoms with Crippen LogP contribution in [0.3, 0.4) is 0 Å². The Morgan fingerprint density at radius 2 is 1.90 bits per heavy atom. The summed E-state index contributed by atoms with van der Waals surface area (Å²) in [5.41, 5.74) is 11.8. The third-order valence-corrected chi connectivity index (χ3v) is 8.72. The van der Waals surface area contributed by atoms with E-state index in [0.29, 0.717) is 22.7 Å². The minimum absolute atomic E-state index is 0.0868. The van der Waals surface area contributed by atoms with Crippen LogP contribution in [-0.2, 0) is 10.0 Å². The number of para-hydroxylation sites is 1. The number of nitrogens with two attached hydrogens (primary N) is 1. The van der Waals surface area contributed by atoms with Gasteiger partial charge in [-0.15, -0.1) is 0 Å². The minimum Gasteiger partial charge on any atom is -0.496 e. The summed E-state index contributed by atoms with van der Waals surface area (Å²) in [4.78, 5) is 17.0. The molecule has 1 aliphatic rings. The summed E-state index contributed by atoms with van der Waals surface area (Å²) >= 11 is 0. The molecule has 0 saturated carbocycles. The van der Waals surface area contributed by atoms with Crippen molar-refractivity contribution < 1.29 is 13.2 Å². The van der Waals surface area contributed by atoms with E-state index in [2.05, 4.69) is 56.2 Å². The number of fused-ring (bicyclic) bond motifs is 2. The number of nitrogens with zero attached hydrogens (tertiary/aromatic N) is 5. The fourth-order valence-corrected chi connectivity index (χ4v) is 6.52. The molecule has 0 unspecified atom stereocenters. The van der Waals surface area contributed by atoms with E-state index in [1.165, 1.54) is 10.2 Å². The third-order valence-electron chi connectivity index (χ3n) is 7.70. The number of nitrogen functional groups attached to an aromatic ring is 1. The summed E-state index contributed by atoms with van der Waals surface area (Å²) in [5, 5.41) is 4.86. The van der Waals surface area contributed by atoms with Gasteiger partial charge in [-0.25, -0.2) is 12.4 Å². The Kier molecular flexibility index (Phi) is 6.74. The van der Waals surface area contributed by atoms with Crippen molar-refractivity contribution in [2.75, 3.05) is 62.5 Å². The fourth-order valence-electron chi connectivity index (χ4n) is 5.71. The molecule has 3 aromatic heterocycles. The maximum absolute atomic E-state index is 12.5. The number of benzene rings is 2. The maximum atomic E-state index is 12.5. The number of aromatic nitrogens is 4. The molecular formula is C29H34N8O3S. The van der Waals surface area contributed by atoms with Crippen LogP contribution in [0.25, 0.3) is 33.1 Å². The van der Waals surface area contributed by atoms with Gasteiger partial charge >= 0.3 is 0 Å². The second-order valence-corrected chi connectivity index (χ2v) is 12.4. The number of nitrogens with one attached hydrogen (secondary N) is 2. The highest BCUT2D eigenvalue weighted by Crippen LogP contribution is 2.42. The monoisotopic (exact) mass is 574 g/mol. The molecule has 4 heterocycles. The first-order chi connectivity index (χ1) is 19.6. The van der Waals surface area contributed by atoms with E-state index in [0.717, 1.165) is 71.5 Å². The quantitative estimate of drug-likeness (QED) is 0.273. The average Bonchev–Trinajstić information content (AvgIpc) is 3.50. The van der Waals surface area contributed by atoms with E-state index in [-0.39, 0.29) is 5.95 Å². The molecule has 0 bridgehead atoms. The van der Waals surface area contributed by atoms with Gasteiger partial charge in [-0.2, -0.15) is 9.97 Å². The van der Waals surface area contributed by atoms with Gasteiger partial charge in [0.25, 0.3) is 0 Å². The standard InChI is InChI=1S/C29H34N8O3S/c1-18-15-20(24(40-3)16-23(18)36-11-6-10-35(2)13-14-36)21-17-31-27-25(21)28(34-29(30)33-27)32-22-8-5-7-19-9-12-37(26(19)22)41(4,38)39/h5,7-9,12,15-17H,6,10-11,13-14H2,1-4H3,(H4,30,31,32,33,34). The molecule has 5 aromatic rings. The number of hydrogen-bond donors (Lipinski definition) is 3. The van der Waals surface area contributed by atoms with Crippen LogP contribution in [0, 0.1) is 6.92 Å². The molecular weight excluding hydrogens is 540 g/mol. The predicted molar refractivity (Wildman–Crippen MR) is 165 cm³/mol. The van der Waals surface area contributed by atoms with Crippen LogP contribution in [0.15, 0.2) is 48.8 Å². The van der Waals surface area contributed by atoms with Gasteiger partial charge in [0.2, 0.25) is 16.0 Å². The van der Waals surface area contributed by atoms with E-state index in [1.54, 1.807) is 19.4 Å². The van der Waals surface area contributed by atoms with Crippen molar-refractivity contribution in [2.45, 2.75) is 13.3 Å². The number of ether oxygens (including phenoxy) is 1. The molecule has 1 aliphatic heterocycles. The summed E-state index contributed by atoms with van der Waals surface area (Å²) < 4.78 is 32.2. The largest absolute Gasteiger partial charge is 0.496 e. The summed E-state index contributed by atoms with van der Waals surface area (Å²) in [6.07, 6.45) is 5.71. The number of aryl methyl sites for hydroxylation is 1. The Bertz CT molecular complexity index is 1880. The Labute approximate surface area is 239 Å². The highest BCUT2D eigenvalue weighted by Gasteiger charge is 2.22. The SMILES string of the molecule is COc1cc(N2CCCN(C)CC2)c(C)cc1-c1c[nH]c2nc(N)nc(Nc3cccc4ccn(S(C)(=O)=O)c34)c12. The van der Waals surface area contributed by atoms with Crippen LogP contribution in [0.2, 0.25) is 0 Å². The summed E-state index contributed by atoms with van der Waals surface area (Å²) in [6, 6.07) is 11.6. The van der Waals surface area contributed by atoms with Crippen LogP contribution >= 0.6 is 0 Å². The van der Waals surface area contributed by atoms with Gasteiger partial charge in [0.15, 0.2) is 0 Å². The Morgan fingerprint density at radius 1 is 1.07 bits per heavy atom.